The summed E-state index contributed by atoms with van der Waals surface area (Å²) in [5.41, 5.74) is 9.40. The molecule has 0 aromatic heterocycles. The molecule has 0 nitrogen and oxygen atoms in total. The summed E-state index contributed by atoms with van der Waals surface area (Å²) in [5, 5.41) is 0. The fraction of sp³-hybridized carbons (Fsp3) is 0.417. The van der Waals surface area contributed by atoms with Crippen LogP contribution in [0.1, 0.15) is 74.8 Å². The van der Waals surface area contributed by atoms with Crippen molar-refractivity contribution in [3.63, 3.8) is 0 Å². The van der Waals surface area contributed by atoms with Gasteiger partial charge in [-0.15, -0.1) is 0 Å². The van der Waals surface area contributed by atoms with Crippen LogP contribution >= 0.6 is 15.9 Å². The van der Waals surface area contributed by atoms with Crippen molar-refractivity contribution in [1.82, 2.24) is 0 Å². The highest BCUT2D eigenvalue weighted by Gasteiger charge is 2.36. The lowest BCUT2D eigenvalue weighted by Crippen LogP contribution is -2.33. The van der Waals surface area contributed by atoms with Gasteiger partial charge < -0.3 is 0 Å². The zero-order valence-corrected chi connectivity index (χ0v) is 17.3. The molecule has 0 unspecified atom stereocenters. The van der Waals surface area contributed by atoms with E-state index in [4.69, 9.17) is 0 Å². The predicted octanol–water partition coefficient (Wildman–Crippen LogP) is 7.28. The molecule has 0 saturated heterocycles. The van der Waals surface area contributed by atoms with Gasteiger partial charge in [0.25, 0.3) is 0 Å². The molecule has 2 aliphatic carbocycles. The predicted molar refractivity (Wildman–Crippen MR) is 112 cm³/mol. The first-order valence-electron chi connectivity index (χ1n) is 9.41. The number of hydrogen-bond acceptors (Lipinski definition) is 0. The zero-order valence-electron chi connectivity index (χ0n) is 15.7. The van der Waals surface area contributed by atoms with E-state index in [9.17, 15) is 0 Å². The molecule has 0 saturated carbocycles. The summed E-state index contributed by atoms with van der Waals surface area (Å²) in [6, 6.07) is 13.9. The van der Waals surface area contributed by atoms with Gasteiger partial charge in [0, 0.05) is 4.47 Å². The van der Waals surface area contributed by atoms with Gasteiger partial charge in [0.2, 0.25) is 0 Å². The van der Waals surface area contributed by atoms with Gasteiger partial charge in [-0.05, 0) is 82.0 Å². The van der Waals surface area contributed by atoms with Crippen LogP contribution in [0.3, 0.4) is 0 Å². The second kappa shape index (κ2) is 5.84. The van der Waals surface area contributed by atoms with E-state index < -0.39 is 0 Å². The first-order valence-corrected chi connectivity index (χ1v) is 10.2. The fourth-order valence-electron chi connectivity index (χ4n) is 4.53. The van der Waals surface area contributed by atoms with Crippen LogP contribution in [0.15, 0.2) is 40.9 Å². The van der Waals surface area contributed by atoms with Crippen LogP contribution in [0.2, 0.25) is 0 Å². The Hall–Kier alpha value is -1.34. The van der Waals surface area contributed by atoms with Gasteiger partial charge in [-0.25, -0.2) is 0 Å². The van der Waals surface area contributed by atoms with Crippen molar-refractivity contribution in [1.29, 1.82) is 0 Å². The second-order valence-electron chi connectivity index (χ2n) is 9.04. The van der Waals surface area contributed by atoms with Crippen molar-refractivity contribution in [2.75, 3.05) is 0 Å². The zero-order chi connectivity index (χ0) is 17.8. The molecule has 0 N–H and O–H groups in total. The minimum absolute atomic E-state index is 0.276. The molecule has 0 spiro atoms. The minimum Gasteiger partial charge on any atom is -0.0576 e. The SMILES string of the molecule is CC1(C)CCC(C)(C)c2cc(/C=C3/CCc4cc(Br)ccc43)ccc21. The van der Waals surface area contributed by atoms with Crippen molar-refractivity contribution in [2.45, 2.75) is 64.2 Å². The summed E-state index contributed by atoms with van der Waals surface area (Å²) in [7, 11) is 0. The summed E-state index contributed by atoms with van der Waals surface area (Å²) in [6.45, 7) is 9.59. The van der Waals surface area contributed by atoms with Crippen molar-refractivity contribution >= 4 is 27.6 Å². The van der Waals surface area contributed by atoms with Gasteiger partial charge in [0.05, 0.1) is 0 Å². The molecule has 0 heterocycles. The summed E-state index contributed by atoms with van der Waals surface area (Å²) in [4.78, 5) is 0. The average Bonchev–Trinajstić information content (AvgIpc) is 2.94. The first kappa shape index (κ1) is 17.1. The van der Waals surface area contributed by atoms with Gasteiger partial charge in [-0.1, -0.05) is 74.0 Å². The summed E-state index contributed by atoms with van der Waals surface area (Å²) >= 11 is 3.60. The number of fused-ring (bicyclic) bond motifs is 2. The van der Waals surface area contributed by atoms with Crippen molar-refractivity contribution in [2.24, 2.45) is 0 Å². The Kier molecular flexibility index (Phi) is 3.99. The molecule has 0 bridgehead atoms. The highest BCUT2D eigenvalue weighted by molar-refractivity contribution is 9.10. The lowest BCUT2D eigenvalue weighted by atomic mass is 9.63. The van der Waals surface area contributed by atoms with Crippen LogP contribution in [0.4, 0.5) is 0 Å². The molecule has 0 fully saturated rings. The van der Waals surface area contributed by atoms with Gasteiger partial charge in [0.15, 0.2) is 0 Å². The molecule has 25 heavy (non-hydrogen) atoms. The van der Waals surface area contributed by atoms with E-state index in [1.54, 1.807) is 11.1 Å². The number of halogens is 1. The molecule has 0 aliphatic heterocycles. The van der Waals surface area contributed by atoms with Crippen molar-refractivity contribution in [3.05, 3.63) is 68.7 Å². The van der Waals surface area contributed by atoms with E-state index in [2.05, 4.69) is 86.1 Å². The van der Waals surface area contributed by atoms with Crippen LogP contribution < -0.4 is 0 Å². The molecule has 2 aromatic carbocycles. The smallest absolute Gasteiger partial charge is 0.0178 e. The van der Waals surface area contributed by atoms with Crippen LogP contribution in [0, 0.1) is 0 Å². The number of benzene rings is 2. The van der Waals surface area contributed by atoms with Gasteiger partial charge in [-0.3, -0.25) is 0 Å². The molecule has 0 radical (unpaired) electrons. The highest BCUT2D eigenvalue weighted by Crippen LogP contribution is 2.46. The Morgan fingerprint density at radius 2 is 1.56 bits per heavy atom. The molecule has 2 aromatic rings. The normalized spacial score (nSPS) is 21.9. The molecule has 130 valence electrons. The van der Waals surface area contributed by atoms with Crippen LogP contribution in [-0.2, 0) is 17.3 Å². The third-order valence-electron chi connectivity index (χ3n) is 6.29. The molecule has 4 rings (SSSR count). The summed E-state index contributed by atoms with van der Waals surface area (Å²) in [5.74, 6) is 0. The number of allylic oxidation sites excluding steroid dienone is 1. The topological polar surface area (TPSA) is 0 Å². The van der Waals surface area contributed by atoms with Crippen molar-refractivity contribution < 1.29 is 0 Å². The van der Waals surface area contributed by atoms with E-state index in [0.717, 1.165) is 12.8 Å². The molecule has 0 atom stereocenters. The Morgan fingerprint density at radius 3 is 2.32 bits per heavy atom. The van der Waals surface area contributed by atoms with E-state index in [0.29, 0.717) is 5.41 Å². The van der Waals surface area contributed by atoms with Gasteiger partial charge >= 0.3 is 0 Å². The Balaban J connectivity index is 1.77. The molecule has 1 heteroatoms. The Labute approximate surface area is 160 Å². The summed E-state index contributed by atoms with van der Waals surface area (Å²) < 4.78 is 1.19. The maximum absolute atomic E-state index is 3.60. The van der Waals surface area contributed by atoms with E-state index in [1.807, 2.05) is 0 Å². The van der Waals surface area contributed by atoms with Crippen LogP contribution in [-0.4, -0.2) is 0 Å². The van der Waals surface area contributed by atoms with Gasteiger partial charge in [0.1, 0.15) is 0 Å². The number of hydrogen-bond donors (Lipinski definition) is 0. The lowest BCUT2D eigenvalue weighted by molar-refractivity contribution is 0.332. The third kappa shape index (κ3) is 3.01. The third-order valence-corrected chi connectivity index (χ3v) is 6.79. The maximum atomic E-state index is 3.60. The van der Waals surface area contributed by atoms with Crippen LogP contribution in [0.5, 0.6) is 0 Å². The number of aryl methyl sites for hydroxylation is 1. The minimum atomic E-state index is 0.276. The van der Waals surface area contributed by atoms with Gasteiger partial charge in [-0.2, -0.15) is 0 Å². The first-order chi connectivity index (χ1) is 11.8. The molecule has 0 amide bonds. The Morgan fingerprint density at radius 1 is 0.840 bits per heavy atom. The second-order valence-corrected chi connectivity index (χ2v) is 9.96. The fourth-order valence-corrected chi connectivity index (χ4v) is 4.94. The standard InChI is InChI=1S/C24H27Br/c1-23(2)11-12-24(3,4)22-14-16(5-10-21(22)23)13-17-6-7-18-15-19(25)8-9-20(17)18/h5,8-10,13-15H,6-7,11-12H2,1-4H3/b17-13-. The summed E-state index contributed by atoms with van der Waals surface area (Å²) in [6.07, 6.45) is 7.26. The highest BCUT2D eigenvalue weighted by atomic mass is 79.9. The van der Waals surface area contributed by atoms with Crippen LogP contribution in [0.25, 0.3) is 11.6 Å². The van der Waals surface area contributed by atoms with E-state index in [-0.39, 0.29) is 5.41 Å². The lowest BCUT2D eigenvalue weighted by Gasteiger charge is -2.42. The largest absolute Gasteiger partial charge is 0.0576 e. The Bertz CT molecular complexity index is 868. The van der Waals surface area contributed by atoms with E-state index in [1.165, 1.54) is 39.6 Å². The molecular weight excluding hydrogens is 368 g/mol. The molecular formula is C24H27Br. The number of rotatable bonds is 1. The monoisotopic (exact) mass is 394 g/mol. The maximum Gasteiger partial charge on any atom is 0.0178 e. The van der Waals surface area contributed by atoms with Crippen molar-refractivity contribution in [3.8, 4) is 0 Å². The molecule has 2 aliphatic rings. The van der Waals surface area contributed by atoms with E-state index >= 15 is 0 Å². The average molecular weight is 395 g/mol. The quantitative estimate of drug-likeness (QED) is 0.476.